The van der Waals surface area contributed by atoms with Gasteiger partial charge in [0.05, 0.1) is 31.5 Å². The molecular formula is C26H29FN4O4. The maximum Gasteiger partial charge on any atom is 0.244 e. The lowest BCUT2D eigenvalue weighted by Crippen LogP contribution is -2.45. The molecule has 1 aromatic heterocycles. The number of nitrogens with zero attached hydrogens (tertiary/aromatic N) is 3. The third kappa shape index (κ3) is 7.05. The molecular weight excluding hydrogens is 451 g/mol. The minimum atomic E-state index is -0.472. The Morgan fingerprint density at radius 1 is 1.17 bits per heavy atom. The summed E-state index contributed by atoms with van der Waals surface area (Å²) in [6.45, 7) is 3.35. The molecule has 4 rings (SSSR count). The second-order valence-corrected chi connectivity index (χ2v) is 8.54. The third-order valence-electron chi connectivity index (χ3n) is 5.69. The Labute approximate surface area is 203 Å². The molecule has 0 radical (unpaired) electrons. The first-order valence-electron chi connectivity index (χ1n) is 11.7. The third-order valence-corrected chi connectivity index (χ3v) is 5.69. The van der Waals surface area contributed by atoms with E-state index in [9.17, 15) is 14.0 Å². The van der Waals surface area contributed by atoms with E-state index in [4.69, 9.17) is 9.47 Å². The second kappa shape index (κ2) is 11.5. The minimum Gasteiger partial charge on any atom is -0.490 e. The van der Waals surface area contributed by atoms with Gasteiger partial charge in [-0.25, -0.2) is 4.39 Å². The number of halogens is 1. The van der Waals surface area contributed by atoms with E-state index in [1.54, 1.807) is 23.2 Å². The quantitative estimate of drug-likeness (QED) is 0.504. The molecule has 1 aliphatic rings. The molecule has 1 saturated heterocycles. The number of hydrogen-bond acceptors (Lipinski definition) is 5. The van der Waals surface area contributed by atoms with Gasteiger partial charge < -0.3 is 19.7 Å². The number of hydrogen-bond donors (Lipinski definition) is 1. The molecule has 0 saturated carbocycles. The van der Waals surface area contributed by atoms with Crippen molar-refractivity contribution < 1.29 is 23.5 Å². The van der Waals surface area contributed by atoms with Crippen LogP contribution in [0.4, 0.5) is 10.1 Å². The van der Waals surface area contributed by atoms with Crippen LogP contribution in [0, 0.1) is 12.7 Å². The van der Waals surface area contributed by atoms with Crippen LogP contribution in [0.15, 0.2) is 60.9 Å². The van der Waals surface area contributed by atoms with Crippen LogP contribution < -0.4 is 14.8 Å². The molecule has 9 heteroatoms. The predicted octanol–water partition coefficient (Wildman–Crippen LogP) is 3.81. The number of nitrogens with one attached hydrogen (secondary N) is 1. The molecule has 1 atom stereocenters. The number of anilines is 1. The second-order valence-electron chi connectivity index (χ2n) is 8.54. The molecule has 2 aromatic carbocycles. The Morgan fingerprint density at radius 3 is 2.77 bits per heavy atom. The topological polar surface area (TPSA) is 85.7 Å². The molecule has 1 N–H and O–H groups in total. The smallest absolute Gasteiger partial charge is 0.244 e. The molecule has 0 spiro atoms. The molecule has 184 valence electrons. The van der Waals surface area contributed by atoms with E-state index in [0.29, 0.717) is 18.8 Å². The maximum absolute atomic E-state index is 13.6. The van der Waals surface area contributed by atoms with Crippen molar-refractivity contribution in [3.05, 3.63) is 72.3 Å². The lowest BCUT2D eigenvalue weighted by atomic mass is 10.1. The fraction of sp³-hybridized carbons (Fsp3) is 0.346. The number of piperidine rings is 1. The van der Waals surface area contributed by atoms with Crippen molar-refractivity contribution in [2.45, 2.75) is 38.8 Å². The van der Waals surface area contributed by atoms with Crippen LogP contribution >= 0.6 is 0 Å². The molecule has 2 amide bonds. The standard InChI is InChI=1S/C26H29FN4O4/c1-19-8-10-21(11-9-19)35-22-5-4-13-30(17-22)26(33)18-31-16-20(15-28-31)29-25(32)12-14-34-24-7-3-2-6-23(24)27/h2-3,6-11,15-16,22H,4-5,12-14,17-18H2,1H3,(H,29,32)/t22-/m1/s1. The van der Waals surface area contributed by atoms with E-state index >= 15 is 0 Å². The summed E-state index contributed by atoms with van der Waals surface area (Å²) >= 11 is 0. The Balaban J connectivity index is 1.22. The maximum atomic E-state index is 13.6. The highest BCUT2D eigenvalue weighted by molar-refractivity contribution is 5.90. The van der Waals surface area contributed by atoms with Crippen molar-refractivity contribution in [1.82, 2.24) is 14.7 Å². The van der Waals surface area contributed by atoms with E-state index in [2.05, 4.69) is 10.4 Å². The predicted molar refractivity (Wildman–Crippen MR) is 129 cm³/mol. The zero-order chi connectivity index (χ0) is 24.6. The van der Waals surface area contributed by atoms with Gasteiger partial charge in [-0.1, -0.05) is 29.8 Å². The highest BCUT2D eigenvalue weighted by Gasteiger charge is 2.25. The lowest BCUT2D eigenvalue weighted by Gasteiger charge is -2.33. The molecule has 1 fully saturated rings. The number of para-hydroxylation sites is 1. The number of benzene rings is 2. The number of aryl methyl sites for hydroxylation is 1. The van der Waals surface area contributed by atoms with Crippen molar-refractivity contribution in [3.8, 4) is 11.5 Å². The SMILES string of the molecule is Cc1ccc(O[C@@H]2CCCN(C(=O)Cn3cc(NC(=O)CCOc4ccccc4F)cn3)C2)cc1. The lowest BCUT2D eigenvalue weighted by molar-refractivity contribution is -0.134. The first-order valence-corrected chi connectivity index (χ1v) is 11.7. The molecule has 8 nitrogen and oxygen atoms in total. The molecule has 0 unspecified atom stereocenters. The van der Waals surface area contributed by atoms with Crippen molar-refractivity contribution in [2.24, 2.45) is 0 Å². The summed E-state index contributed by atoms with van der Waals surface area (Å²) in [6.07, 6.45) is 4.87. The molecule has 2 heterocycles. The van der Waals surface area contributed by atoms with E-state index < -0.39 is 5.82 Å². The number of rotatable bonds is 9. The monoisotopic (exact) mass is 480 g/mol. The fourth-order valence-corrected chi connectivity index (χ4v) is 3.86. The molecule has 0 aliphatic carbocycles. The normalized spacial score (nSPS) is 15.5. The summed E-state index contributed by atoms with van der Waals surface area (Å²) in [5, 5.41) is 6.89. The Hall–Kier alpha value is -3.88. The van der Waals surface area contributed by atoms with E-state index in [-0.39, 0.29) is 43.2 Å². The number of amides is 2. The Morgan fingerprint density at radius 2 is 1.97 bits per heavy atom. The van der Waals surface area contributed by atoms with Gasteiger partial charge in [0.2, 0.25) is 11.8 Å². The van der Waals surface area contributed by atoms with Crippen LogP contribution in [0.5, 0.6) is 11.5 Å². The molecule has 35 heavy (non-hydrogen) atoms. The highest BCUT2D eigenvalue weighted by atomic mass is 19.1. The fourth-order valence-electron chi connectivity index (χ4n) is 3.86. The summed E-state index contributed by atoms with van der Waals surface area (Å²) in [7, 11) is 0. The number of likely N-dealkylation sites (tertiary alicyclic amines) is 1. The van der Waals surface area contributed by atoms with Crippen LogP contribution in [-0.4, -0.2) is 52.3 Å². The number of ether oxygens (including phenoxy) is 2. The van der Waals surface area contributed by atoms with Crippen molar-refractivity contribution in [1.29, 1.82) is 0 Å². The average molecular weight is 481 g/mol. The van der Waals surface area contributed by atoms with Crippen LogP contribution in [0.25, 0.3) is 0 Å². The zero-order valence-corrected chi connectivity index (χ0v) is 19.7. The van der Waals surface area contributed by atoms with E-state index in [0.717, 1.165) is 18.6 Å². The van der Waals surface area contributed by atoms with Gasteiger partial charge in [-0.15, -0.1) is 0 Å². The van der Waals surface area contributed by atoms with Crippen molar-refractivity contribution >= 4 is 17.5 Å². The van der Waals surface area contributed by atoms with Gasteiger partial charge in [0.15, 0.2) is 11.6 Å². The molecule has 1 aliphatic heterocycles. The Kier molecular flexibility index (Phi) is 7.97. The summed E-state index contributed by atoms with van der Waals surface area (Å²) in [5.74, 6) is 0.0962. The van der Waals surface area contributed by atoms with Crippen LogP contribution in [0.3, 0.4) is 0 Å². The number of carbonyl (C=O) groups excluding carboxylic acids is 2. The van der Waals surface area contributed by atoms with Crippen LogP contribution in [-0.2, 0) is 16.1 Å². The summed E-state index contributed by atoms with van der Waals surface area (Å²) in [5.41, 5.74) is 1.65. The van der Waals surface area contributed by atoms with Crippen LogP contribution in [0.2, 0.25) is 0 Å². The van der Waals surface area contributed by atoms with Gasteiger partial charge >= 0.3 is 0 Å². The summed E-state index contributed by atoms with van der Waals surface area (Å²) < 4.78 is 26.4. The summed E-state index contributed by atoms with van der Waals surface area (Å²) in [6, 6.07) is 13.9. The Bertz CT molecular complexity index is 1150. The molecule has 3 aromatic rings. The van der Waals surface area contributed by atoms with E-state index in [1.165, 1.54) is 28.6 Å². The van der Waals surface area contributed by atoms with Gasteiger partial charge in [-0.2, -0.15) is 5.10 Å². The van der Waals surface area contributed by atoms with E-state index in [1.807, 2.05) is 31.2 Å². The van der Waals surface area contributed by atoms with Gasteiger partial charge in [-0.05, 0) is 44.0 Å². The first kappa shape index (κ1) is 24.3. The first-order chi connectivity index (χ1) is 17.0. The number of aromatic nitrogens is 2. The minimum absolute atomic E-state index is 0.0418. The average Bonchev–Trinajstić information content (AvgIpc) is 3.28. The van der Waals surface area contributed by atoms with Crippen molar-refractivity contribution in [3.63, 3.8) is 0 Å². The van der Waals surface area contributed by atoms with Gasteiger partial charge in [0.25, 0.3) is 0 Å². The highest BCUT2D eigenvalue weighted by Crippen LogP contribution is 2.20. The van der Waals surface area contributed by atoms with Crippen molar-refractivity contribution in [2.75, 3.05) is 25.0 Å². The summed E-state index contributed by atoms with van der Waals surface area (Å²) in [4.78, 5) is 26.8. The number of carbonyl (C=O) groups is 2. The largest absolute Gasteiger partial charge is 0.490 e. The molecule has 0 bridgehead atoms. The van der Waals surface area contributed by atoms with Gasteiger partial charge in [0, 0.05) is 12.7 Å². The van der Waals surface area contributed by atoms with Crippen LogP contribution in [0.1, 0.15) is 24.8 Å². The van der Waals surface area contributed by atoms with Gasteiger partial charge in [0.1, 0.15) is 18.4 Å². The van der Waals surface area contributed by atoms with Gasteiger partial charge in [-0.3, -0.25) is 14.3 Å². The zero-order valence-electron chi connectivity index (χ0n) is 19.7.